The Bertz CT molecular complexity index is 1750. The summed E-state index contributed by atoms with van der Waals surface area (Å²) in [6.45, 7) is 22.1. The van der Waals surface area contributed by atoms with Gasteiger partial charge in [0.25, 0.3) is 0 Å². The van der Waals surface area contributed by atoms with Gasteiger partial charge < -0.3 is 50.4 Å². The third-order valence-electron chi connectivity index (χ3n) is 22.0. The number of carbonyl (C=O) groups is 7. The molecule has 0 saturated carbocycles. The molecule has 0 aromatic carbocycles. The van der Waals surface area contributed by atoms with E-state index in [0.717, 1.165) is 109 Å². The van der Waals surface area contributed by atoms with Crippen molar-refractivity contribution in [3.63, 3.8) is 0 Å². The van der Waals surface area contributed by atoms with Gasteiger partial charge in [0.2, 0.25) is 0 Å². The summed E-state index contributed by atoms with van der Waals surface area (Å²) in [5.74, 6) is -4.64. The van der Waals surface area contributed by atoms with Gasteiger partial charge in [-0.15, -0.1) is 0 Å². The first kappa shape index (κ1) is 133. The molecule has 0 heterocycles. The average molecular weight is 1700 g/mol. The van der Waals surface area contributed by atoms with Crippen LogP contribution in [0.25, 0.3) is 0 Å². The zero-order valence-corrected chi connectivity index (χ0v) is 81.8. The summed E-state index contributed by atoms with van der Waals surface area (Å²) < 4.78 is 0. The van der Waals surface area contributed by atoms with E-state index in [1.165, 1.54) is 379 Å². The minimum absolute atomic E-state index is 0. The minimum Gasteiger partial charge on any atom is -0.550 e. The van der Waals surface area contributed by atoms with E-state index >= 15 is 0 Å². The molecule has 704 valence electrons. The van der Waals surface area contributed by atoms with Crippen molar-refractivity contribution < 1.29 is 74.4 Å². The number of carboxylic acids is 7. The van der Waals surface area contributed by atoms with Gasteiger partial charge in [0, 0.05) is 44.2 Å². The molecular formula is C102H204MgO15. The van der Waals surface area contributed by atoms with Crippen LogP contribution < -0.4 is 10.2 Å². The Morgan fingerprint density at radius 1 is 0.203 bits per heavy atom. The van der Waals surface area contributed by atoms with E-state index in [9.17, 15) is 43.8 Å². The fourth-order valence-corrected chi connectivity index (χ4v) is 13.9. The SMILES string of the molecule is CCCCC(CC)C(=O)O.CCCCC(CC)CO.CCCCCCCC(=O)O.CCCCCCCCCCCC(=O)O.CCCCCCCCCCCC(=O)O.CCCCCCCCCCCCCCCCCC(=O)O.CCCCCCCCCCCCCCCCCC(=O)[O-].CCCCCCCCCCCCCCCCCC(=O)[O-].[Mg+2]. The van der Waals surface area contributed by atoms with Gasteiger partial charge in [0.1, 0.15) is 0 Å². The molecule has 0 aliphatic heterocycles. The number of hydrogen-bond acceptors (Lipinski definition) is 10. The van der Waals surface area contributed by atoms with Gasteiger partial charge in [-0.05, 0) is 76.5 Å². The van der Waals surface area contributed by atoms with Crippen LogP contribution >= 0.6 is 0 Å². The van der Waals surface area contributed by atoms with Crippen molar-refractivity contribution in [1.82, 2.24) is 0 Å². The van der Waals surface area contributed by atoms with E-state index in [0.29, 0.717) is 38.2 Å². The van der Waals surface area contributed by atoms with Crippen molar-refractivity contribution >= 4 is 64.8 Å². The molecule has 6 N–H and O–H groups in total. The molecule has 0 spiro atoms. The molecule has 0 bridgehead atoms. The molecule has 0 amide bonds. The van der Waals surface area contributed by atoms with Crippen molar-refractivity contribution in [3.8, 4) is 0 Å². The quantitative estimate of drug-likeness (QED) is 0.0244. The minimum atomic E-state index is -0.903. The summed E-state index contributed by atoms with van der Waals surface area (Å²) in [6.07, 6.45) is 97.3. The van der Waals surface area contributed by atoms with Crippen LogP contribution in [0.15, 0.2) is 0 Å². The zero-order valence-electron chi connectivity index (χ0n) is 80.4. The first-order chi connectivity index (χ1) is 56.7. The Labute approximate surface area is 748 Å². The molecular weight excluding hydrogens is 1490 g/mol. The van der Waals surface area contributed by atoms with Gasteiger partial charge in [-0.25, -0.2) is 0 Å². The fourth-order valence-electron chi connectivity index (χ4n) is 13.9. The summed E-state index contributed by atoms with van der Waals surface area (Å²) in [5, 5.41) is 71.4. The first-order valence-corrected chi connectivity index (χ1v) is 50.8. The summed E-state index contributed by atoms with van der Waals surface area (Å²) >= 11 is 0. The maximum atomic E-state index is 10.4. The van der Waals surface area contributed by atoms with E-state index in [1.54, 1.807) is 0 Å². The Kier molecular flexibility index (Phi) is 143. The van der Waals surface area contributed by atoms with Crippen molar-refractivity contribution in [2.45, 2.75) is 596 Å². The molecule has 15 nitrogen and oxygen atoms in total. The molecule has 0 radical (unpaired) electrons. The van der Waals surface area contributed by atoms with E-state index in [2.05, 4.69) is 62.3 Å². The van der Waals surface area contributed by atoms with Gasteiger partial charge in [-0.2, -0.15) is 0 Å². The van der Waals surface area contributed by atoms with Crippen molar-refractivity contribution in [1.29, 1.82) is 0 Å². The number of aliphatic hydroxyl groups excluding tert-OH is 1. The maximum absolute atomic E-state index is 10.4. The molecule has 118 heavy (non-hydrogen) atoms. The number of aliphatic carboxylic acids is 7. The number of unbranched alkanes of at least 4 members (excludes halogenated alkanes) is 64. The van der Waals surface area contributed by atoms with E-state index in [-0.39, 0.29) is 41.8 Å². The van der Waals surface area contributed by atoms with Gasteiger partial charge in [-0.3, -0.25) is 24.0 Å². The predicted octanol–water partition coefficient (Wildman–Crippen LogP) is 30.8. The van der Waals surface area contributed by atoms with E-state index in [1.807, 2.05) is 6.92 Å². The number of carbonyl (C=O) groups excluding carboxylic acids is 2. The van der Waals surface area contributed by atoms with Crippen LogP contribution in [0.5, 0.6) is 0 Å². The van der Waals surface area contributed by atoms with Gasteiger partial charge >= 0.3 is 52.9 Å². The number of carboxylic acid groups (broad SMARTS) is 7. The Morgan fingerprint density at radius 2 is 0.347 bits per heavy atom. The van der Waals surface area contributed by atoms with Gasteiger partial charge in [-0.1, -0.05) is 499 Å². The normalized spacial score (nSPS) is 10.9. The van der Waals surface area contributed by atoms with Crippen molar-refractivity contribution in [3.05, 3.63) is 0 Å². The van der Waals surface area contributed by atoms with E-state index in [4.69, 9.17) is 30.6 Å². The third kappa shape index (κ3) is 157. The second kappa shape index (κ2) is 127. The largest absolute Gasteiger partial charge is 2.00 e. The second-order valence-corrected chi connectivity index (χ2v) is 33.9. The molecule has 16 heteroatoms. The summed E-state index contributed by atoms with van der Waals surface area (Å²) in [5.41, 5.74) is 0. The van der Waals surface area contributed by atoms with Crippen molar-refractivity contribution in [2.24, 2.45) is 11.8 Å². The topological polar surface area (TPSA) is 287 Å². The molecule has 0 aromatic heterocycles. The summed E-state index contributed by atoms with van der Waals surface area (Å²) in [4.78, 5) is 71.7. The summed E-state index contributed by atoms with van der Waals surface area (Å²) in [7, 11) is 0. The fraction of sp³-hybridized carbons (Fsp3) is 0.931. The molecule has 2 atom stereocenters. The van der Waals surface area contributed by atoms with Crippen LogP contribution in [0.3, 0.4) is 0 Å². The molecule has 0 aromatic rings. The van der Waals surface area contributed by atoms with Gasteiger partial charge in [0.05, 0.1) is 5.92 Å². The van der Waals surface area contributed by atoms with Crippen LogP contribution in [0.4, 0.5) is 0 Å². The predicted molar refractivity (Wildman–Crippen MR) is 503 cm³/mol. The molecule has 0 saturated heterocycles. The molecule has 0 aliphatic rings. The van der Waals surface area contributed by atoms with Crippen LogP contribution in [0.1, 0.15) is 596 Å². The number of aliphatic hydroxyl groups is 1. The standard InChI is InChI=1S/3C18H36O2.2C12H24O2.2C8H16O2.C8H18O.Mg/c3*1-2-3-4-5-6-7-8-9-10-11-12-13-14-15-16-17-18(19)20;2*1-2-3-4-5-6-7-8-9-10-11-12(13)14;1-3-5-6-7(4-2)8(9)10;1-2-3-4-5-6-7-8(9)10;1-3-5-6-8(4-2)7-9;/h3*2-17H2,1H3,(H,19,20);2*2-11H2,1H3,(H,13,14);7H,3-6H2,1-2H3,(H,9,10);2-7H2,1H3,(H,9,10);8-9H,3-7H2,1-2H3;/q;;;;;;;;+2/p-2. The van der Waals surface area contributed by atoms with Crippen LogP contribution in [0, 0.1) is 11.8 Å². The third-order valence-corrected chi connectivity index (χ3v) is 22.0. The zero-order chi connectivity index (χ0) is 88.9. The summed E-state index contributed by atoms with van der Waals surface area (Å²) in [6, 6.07) is 0. The molecule has 0 fully saturated rings. The smallest absolute Gasteiger partial charge is 0.550 e. The number of hydrogen-bond donors (Lipinski definition) is 6. The Hall–Kier alpha value is -2.98. The average Bonchev–Trinajstić information content (AvgIpc) is 0.989. The monoisotopic (exact) mass is 1690 g/mol. The van der Waals surface area contributed by atoms with Gasteiger partial charge in [0.15, 0.2) is 0 Å². The Balaban J connectivity index is -0.000000167. The Morgan fingerprint density at radius 3 is 0.466 bits per heavy atom. The molecule has 0 rings (SSSR count). The van der Waals surface area contributed by atoms with E-state index < -0.39 is 41.8 Å². The maximum Gasteiger partial charge on any atom is 2.00 e. The first-order valence-electron chi connectivity index (χ1n) is 50.8. The second-order valence-electron chi connectivity index (χ2n) is 33.9. The molecule has 0 aliphatic carbocycles. The van der Waals surface area contributed by atoms with Crippen LogP contribution in [0.2, 0.25) is 0 Å². The van der Waals surface area contributed by atoms with Crippen molar-refractivity contribution in [2.75, 3.05) is 6.61 Å². The number of rotatable bonds is 84. The molecule has 2 unspecified atom stereocenters. The van der Waals surface area contributed by atoms with Crippen LogP contribution in [-0.2, 0) is 33.6 Å². The van der Waals surface area contributed by atoms with Crippen LogP contribution in [-0.4, -0.2) is 102 Å².